The number of benzene rings is 2. The highest BCUT2D eigenvalue weighted by molar-refractivity contribution is 7.89. The first-order valence-corrected chi connectivity index (χ1v) is 11.2. The summed E-state index contributed by atoms with van der Waals surface area (Å²) >= 11 is 0. The number of sulfonamides is 1. The third kappa shape index (κ3) is 6.23. The van der Waals surface area contributed by atoms with Crippen LogP contribution in [-0.4, -0.2) is 43.5 Å². The minimum absolute atomic E-state index is 0.0779. The van der Waals surface area contributed by atoms with E-state index in [2.05, 4.69) is 4.72 Å². The van der Waals surface area contributed by atoms with E-state index in [-0.39, 0.29) is 13.0 Å². The summed E-state index contributed by atoms with van der Waals surface area (Å²) in [5, 5.41) is 22.0. The number of non-ortho nitro benzene ring substituents is 1. The number of methoxy groups -OCH3 is 1. The molecule has 2 rings (SSSR count). The largest absolute Gasteiger partial charge is 0.476 e. The van der Waals surface area contributed by atoms with E-state index < -0.39 is 47.7 Å². The monoisotopic (exact) mass is 481 g/mol. The first-order valence-electron chi connectivity index (χ1n) is 9.72. The van der Waals surface area contributed by atoms with E-state index in [1.165, 1.54) is 7.11 Å². The molecule has 2 aromatic carbocycles. The van der Waals surface area contributed by atoms with Gasteiger partial charge in [-0.3, -0.25) is 20.2 Å². The molecule has 1 atom stereocenters. The van der Waals surface area contributed by atoms with Crippen LogP contribution in [0.1, 0.15) is 25.8 Å². The molecule has 0 radical (unpaired) electrons. The molecule has 0 aliphatic carbocycles. The van der Waals surface area contributed by atoms with Crippen LogP contribution < -0.4 is 9.46 Å². The number of nitro groups is 2. The topological polar surface area (TPSA) is 168 Å². The van der Waals surface area contributed by atoms with Gasteiger partial charge in [-0.15, -0.1) is 0 Å². The van der Waals surface area contributed by atoms with Crippen molar-refractivity contribution < 1.29 is 32.5 Å². The predicted octanol–water partition coefficient (Wildman–Crippen LogP) is 2.74. The maximum atomic E-state index is 12.5. The van der Waals surface area contributed by atoms with Gasteiger partial charge < -0.3 is 9.47 Å². The van der Waals surface area contributed by atoms with Gasteiger partial charge in [-0.25, -0.2) is 17.9 Å². The molecular formula is C20H23N3O9S. The van der Waals surface area contributed by atoms with Crippen molar-refractivity contribution in [1.82, 2.24) is 4.72 Å². The van der Waals surface area contributed by atoms with E-state index in [1.54, 1.807) is 38.1 Å². The molecule has 0 saturated heterocycles. The molecule has 1 unspecified atom stereocenters. The molecule has 33 heavy (non-hydrogen) atoms. The number of carbonyl (C=O) groups is 1. The lowest BCUT2D eigenvalue weighted by Gasteiger charge is -2.26. The third-order valence-corrected chi connectivity index (χ3v) is 6.41. The summed E-state index contributed by atoms with van der Waals surface area (Å²) in [7, 11) is -3.01. The molecule has 0 spiro atoms. The van der Waals surface area contributed by atoms with Crippen molar-refractivity contribution in [2.75, 3.05) is 13.7 Å². The SMILES string of the molecule is CCC(C)(Oc1ccc(CCNS(=O)(=O)c2ccc([N+](=O)[O-])cc2[N+](=O)[O-])cc1)C(=O)OC. The van der Waals surface area contributed by atoms with Gasteiger partial charge in [-0.1, -0.05) is 19.1 Å². The quantitative estimate of drug-likeness (QED) is 0.288. The summed E-state index contributed by atoms with van der Waals surface area (Å²) < 4.78 is 37.8. The third-order valence-electron chi connectivity index (χ3n) is 4.90. The Labute approximate surface area is 189 Å². The minimum atomic E-state index is -4.29. The summed E-state index contributed by atoms with van der Waals surface area (Å²) in [6, 6.07) is 8.95. The van der Waals surface area contributed by atoms with E-state index >= 15 is 0 Å². The summed E-state index contributed by atoms with van der Waals surface area (Å²) in [6.07, 6.45) is 0.639. The van der Waals surface area contributed by atoms with Gasteiger partial charge in [-0.2, -0.15) is 0 Å². The zero-order valence-electron chi connectivity index (χ0n) is 18.1. The number of ether oxygens (including phenoxy) is 2. The minimum Gasteiger partial charge on any atom is -0.476 e. The molecule has 0 bridgehead atoms. The van der Waals surface area contributed by atoms with Crippen molar-refractivity contribution in [2.24, 2.45) is 0 Å². The van der Waals surface area contributed by atoms with Crippen molar-refractivity contribution >= 4 is 27.4 Å². The van der Waals surface area contributed by atoms with Gasteiger partial charge in [0.05, 0.1) is 23.0 Å². The Morgan fingerprint density at radius 1 is 1.09 bits per heavy atom. The number of nitro benzene ring substituents is 2. The first-order chi connectivity index (χ1) is 15.4. The Kier molecular flexibility index (Phi) is 8.06. The van der Waals surface area contributed by atoms with Crippen LogP contribution in [-0.2, 0) is 26.0 Å². The molecule has 12 nitrogen and oxygen atoms in total. The van der Waals surface area contributed by atoms with Gasteiger partial charge in [0, 0.05) is 12.6 Å². The molecule has 13 heteroatoms. The first kappa shape index (κ1) is 25.7. The zero-order valence-corrected chi connectivity index (χ0v) is 19.0. The molecule has 0 aromatic heterocycles. The molecular weight excluding hydrogens is 458 g/mol. The number of rotatable bonds is 11. The van der Waals surface area contributed by atoms with E-state index in [9.17, 15) is 33.4 Å². The molecule has 0 aliphatic heterocycles. The molecule has 178 valence electrons. The molecule has 0 saturated carbocycles. The number of nitrogens with one attached hydrogen (secondary N) is 1. The van der Waals surface area contributed by atoms with E-state index in [1.807, 2.05) is 0 Å². The average molecular weight is 481 g/mol. The Hall–Kier alpha value is -3.58. The fourth-order valence-electron chi connectivity index (χ4n) is 2.86. The summed E-state index contributed by atoms with van der Waals surface area (Å²) in [5.41, 5.74) is -1.89. The summed E-state index contributed by atoms with van der Waals surface area (Å²) in [6.45, 7) is 3.32. The van der Waals surface area contributed by atoms with E-state index in [0.29, 0.717) is 18.2 Å². The Morgan fingerprint density at radius 3 is 2.24 bits per heavy atom. The van der Waals surface area contributed by atoms with Crippen molar-refractivity contribution in [3.05, 3.63) is 68.3 Å². The van der Waals surface area contributed by atoms with Crippen molar-refractivity contribution in [3.63, 3.8) is 0 Å². The molecule has 0 heterocycles. The van der Waals surface area contributed by atoms with E-state index in [0.717, 1.165) is 17.7 Å². The molecule has 0 amide bonds. The van der Waals surface area contributed by atoms with Crippen LogP contribution in [0, 0.1) is 20.2 Å². The lowest BCUT2D eigenvalue weighted by Crippen LogP contribution is -2.41. The Balaban J connectivity index is 2.07. The molecule has 1 N–H and O–H groups in total. The fraction of sp³-hybridized carbons (Fsp3) is 0.350. The molecule has 0 aliphatic rings. The van der Waals surface area contributed by atoms with Crippen LogP contribution in [0.2, 0.25) is 0 Å². The van der Waals surface area contributed by atoms with Crippen molar-refractivity contribution in [2.45, 2.75) is 37.2 Å². The Bertz CT molecular complexity index is 1150. The van der Waals surface area contributed by atoms with Gasteiger partial charge in [0.25, 0.3) is 11.4 Å². The zero-order chi connectivity index (χ0) is 24.8. The highest BCUT2D eigenvalue weighted by atomic mass is 32.2. The number of carbonyl (C=O) groups excluding carboxylic acids is 1. The average Bonchev–Trinajstić information content (AvgIpc) is 2.78. The van der Waals surface area contributed by atoms with Crippen LogP contribution in [0.4, 0.5) is 11.4 Å². The summed E-state index contributed by atoms with van der Waals surface area (Å²) in [4.78, 5) is 31.4. The van der Waals surface area contributed by atoms with Gasteiger partial charge >= 0.3 is 5.97 Å². The maximum absolute atomic E-state index is 12.5. The van der Waals surface area contributed by atoms with Gasteiger partial charge in [0.1, 0.15) is 5.75 Å². The highest BCUT2D eigenvalue weighted by Crippen LogP contribution is 2.28. The smallest absolute Gasteiger partial charge is 0.349 e. The molecule has 2 aromatic rings. The second-order valence-electron chi connectivity index (χ2n) is 7.14. The van der Waals surface area contributed by atoms with Gasteiger partial charge in [0.15, 0.2) is 4.90 Å². The van der Waals surface area contributed by atoms with Crippen LogP contribution in [0.25, 0.3) is 0 Å². The van der Waals surface area contributed by atoms with Gasteiger partial charge in [-0.05, 0) is 43.5 Å². The van der Waals surface area contributed by atoms with Crippen LogP contribution in [0.15, 0.2) is 47.4 Å². The lowest BCUT2D eigenvalue weighted by molar-refractivity contribution is -0.396. The standard InChI is InChI=1S/C20H23N3O9S/c1-4-20(2,19(24)31-3)32-16-8-5-14(6-9-16)11-12-21-33(29,30)18-10-7-15(22(25)26)13-17(18)23(27)28/h5-10,13,21H,4,11-12H2,1-3H3. The fourth-order valence-corrected chi connectivity index (χ4v) is 4.04. The van der Waals surface area contributed by atoms with Crippen LogP contribution in [0.3, 0.4) is 0 Å². The normalized spacial score (nSPS) is 13.1. The Morgan fingerprint density at radius 2 is 1.73 bits per heavy atom. The van der Waals surface area contributed by atoms with Crippen LogP contribution in [0.5, 0.6) is 5.75 Å². The van der Waals surface area contributed by atoms with Crippen molar-refractivity contribution in [3.8, 4) is 5.75 Å². The predicted molar refractivity (Wildman–Crippen MR) is 116 cm³/mol. The number of hydrogen-bond donors (Lipinski definition) is 1. The number of nitrogens with zero attached hydrogens (tertiary/aromatic N) is 2. The summed E-state index contributed by atoms with van der Waals surface area (Å²) in [5.74, 6) is -0.0839. The second-order valence-corrected chi connectivity index (χ2v) is 8.87. The number of hydrogen-bond acceptors (Lipinski definition) is 9. The van der Waals surface area contributed by atoms with Crippen molar-refractivity contribution in [1.29, 1.82) is 0 Å². The van der Waals surface area contributed by atoms with Crippen LogP contribution >= 0.6 is 0 Å². The van der Waals surface area contributed by atoms with E-state index in [4.69, 9.17) is 9.47 Å². The lowest BCUT2D eigenvalue weighted by atomic mass is 10.0. The number of esters is 1. The molecule has 0 fully saturated rings. The maximum Gasteiger partial charge on any atom is 0.349 e. The highest BCUT2D eigenvalue weighted by Gasteiger charge is 2.35. The van der Waals surface area contributed by atoms with Gasteiger partial charge in [0.2, 0.25) is 15.6 Å². The second kappa shape index (κ2) is 10.4.